The minimum Gasteiger partial charge on any atom is -0.348 e. The summed E-state index contributed by atoms with van der Waals surface area (Å²) in [5.41, 5.74) is 0.335. The van der Waals surface area contributed by atoms with E-state index in [1.165, 1.54) is 12.7 Å². The van der Waals surface area contributed by atoms with E-state index in [-0.39, 0.29) is 17.1 Å². The van der Waals surface area contributed by atoms with Gasteiger partial charge in [-0.15, -0.1) is 0 Å². The second-order valence-electron chi connectivity index (χ2n) is 11.3. The average Bonchev–Trinajstić information content (AvgIpc) is 3.44. The van der Waals surface area contributed by atoms with Gasteiger partial charge >= 0.3 is 0 Å². The lowest BCUT2D eigenvalue weighted by Crippen LogP contribution is -2.60. The largest absolute Gasteiger partial charge is 0.348 e. The predicted octanol–water partition coefficient (Wildman–Crippen LogP) is 3.94. The summed E-state index contributed by atoms with van der Waals surface area (Å²) in [6, 6.07) is 0. The van der Waals surface area contributed by atoms with Gasteiger partial charge < -0.3 is 23.7 Å². The molecule has 2 heterocycles. The summed E-state index contributed by atoms with van der Waals surface area (Å²) in [5.74, 6) is 1.53. The Kier molecular flexibility index (Phi) is 4.16. The van der Waals surface area contributed by atoms with Crippen molar-refractivity contribution in [2.24, 2.45) is 40.4 Å². The SMILES string of the molecule is CC12CCC3(CC1CC(C=O)C1C2CCC2(C)C1CCC21OCCO1)OCCO3. The number of ether oxygens (including phenoxy) is 4. The highest BCUT2D eigenvalue weighted by Crippen LogP contribution is 2.71. The van der Waals surface area contributed by atoms with E-state index in [4.69, 9.17) is 18.9 Å². The molecule has 2 spiro atoms. The zero-order valence-electron chi connectivity index (χ0n) is 18.0. The third kappa shape index (κ3) is 2.39. The molecular formula is C24H36O5. The molecule has 4 aliphatic carbocycles. The van der Waals surface area contributed by atoms with E-state index in [1.54, 1.807) is 0 Å². The van der Waals surface area contributed by atoms with Crippen LogP contribution in [0.4, 0.5) is 0 Å². The zero-order valence-corrected chi connectivity index (χ0v) is 18.0. The van der Waals surface area contributed by atoms with Crippen LogP contribution in [0.3, 0.4) is 0 Å². The zero-order chi connectivity index (χ0) is 19.9. The van der Waals surface area contributed by atoms with Crippen LogP contribution in [-0.4, -0.2) is 44.3 Å². The second-order valence-corrected chi connectivity index (χ2v) is 11.3. The summed E-state index contributed by atoms with van der Waals surface area (Å²) >= 11 is 0. The highest BCUT2D eigenvalue weighted by molar-refractivity contribution is 5.55. The maximum atomic E-state index is 12.4. The van der Waals surface area contributed by atoms with Crippen molar-refractivity contribution in [1.29, 1.82) is 0 Å². The van der Waals surface area contributed by atoms with Crippen molar-refractivity contribution >= 4 is 6.29 Å². The molecule has 7 unspecified atom stereocenters. The van der Waals surface area contributed by atoms with Crippen LogP contribution >= 0.6 is 0 Å². The van der Waals surface area contributed by atoms with Gasteiger partial charge in [-0.2, -0.15) is 0 Å². The monoisotopic (exact) mass is 404 g/mol. The quantitative estimate of drug-likeness (QED) is 0.620. The number of carbonyl (C=O) groups excluding carboxylic acids is 1. The first-order chi connectivity index (χ1) is 14.0. The first-order valence-corrected chi connectivity index (χ1v) is 12.0. The van der Waals surface area contributed by atoms with Crippen LogP contribution < -0.4 is 0 Å². The second kappa shape index (κ2) is 6.27. The Bertz CT molecular complexity index is 681. The number of aldehydes is 1. The molecule has 0 radical (unpaired) electrons. The normalized spacial score (nSPS) is 52.3. The van der Waals surface area contributed by atoms with Gasteiger partial charge in [0.2, 0.25) is 0 Å². The van der Waals surface area contributed by atoms with E-state index in [2.05, 4.69) is 13.8 Å². The smallest absolute Gasteiger partial charge is 0.174 e. The van der Waals surface area contributed by atoms with Gasteiger partial charge in [0.15, 0.2) is 11.6 Å². The van der Waals surface area contributed by atoms with Crippen LogP contribution in [0.2, 0.25) is 0 Å². The Balaban J connectivity index is 1.34. The van der Waals surface area contributed by atoms with Gasteiger partial charge in [-0.1, -0.05) is 13.8 Å². The molecule has 0 aromatic carbocycles. The fraction of sp³-hybridized carbons (Fsp3) is 0.958. The van der Waals surface area contributed by atoms with Crippen LogP contribution in [0.1, 0.15) is 65.2 Å². The molecule has 6 fully saturated rings. The first kappa shape index (κ1) is 19.2. The molecule has 0 aromatic heterocycles. The summed E-state index contributed by atoms with van der Waals surface area (Å²) in [6.07, 6.45) is 9.91. The van der Waals surface area contributed by atoms with Gasteiger partial charge in [0.1, 0.15) is 6.29 Å². The third-order valence-corrected chi connectivity index (χ3v) is 10.6. The molecular weight excluding hydrogens is 368 g/mol. The summed E-state index contributed by atoms with van der Waals surface area (Å²) in [7, 11) is 0. The summed E-state index contributed by atoms with van der Waals surface area (Å²) < 4.78 is 24.7. The van der Waals surface area contributed by atoms with Crippen LogP contribution in [0.5, 0.6) is 0 Å². The van der Waals surface area contributed by atoms with Gasteiger partial charge in [-0.05, 0) is 61.2 Å². The standard InChI is InChI=1S/C24H36O5/c1-21-7-8-23(26-9-10-27-23)14-17(21)13-16(15-25)20-18(21)3-5-22(2)19(20)4-6-24(22)28-11-12-29-24/h15-20H,3-14H2,1-2H3. The lowest BCUT2D eigenvalue weighted by atomic mass is 9.42. The summed E-state index contributed by atoms with van der Waals surface area (Å²) in [4.78, 5) is 12.4. The fourth-order valence-electron chi connectivity index (χ4n) is 9.05. The van der Waals surface area contributed by atoms with Gasteiger partial charge in [0, 0.05) is 30.6 Å². The number of hydrogen-bond donors (Lipinski definition) is 0. The maximum absolute atomic E-state index is 12.4. The molecule has 0 N–H and O–H groups in total. The lowest BCUT2D eigenvalue weighted by molar-refractivity contribution is -0.262. The number of hydrogen-bond acceptors (Lipinski definition) is 5. The number of carbonyl (C=O) groups is 1. The highest BCUT2D eigenvalue weighted by atomic mass is 16.7. The first-order valence-electron chi connectivity index (χ1n) is 12.0. The molecule has 7 atom stereocenters. The van der Waals surface area contributed by atoms with Crippen molar-refractivity contribution in [2.75, 3.05) is 26.4 Å². The molecule has 6 aliphatic rings. The predicted molar refractivity (Wildman–Crippen MR) is 106 cm³/mol. The minimum absolute atomic E-state index is 0.0443. The average molecular weight is 405 g/mol. The minimum atomic E-state index is -0.393. The molecule has 4 saturated carbocycles. The Morgan fingerprint density at radius 2 is 1.52 bits per heavy atom. The number of rotatable bonds is 1. The molecule has 5 nitrogen and oxygen atoms in total. The van der Waals surface area contributed by atoms with E-state index in [0.717, 1.165) is 71.4 Å². The van der Waals surface area contributed by atoms with E-state index < -0.39 is 5.79 Å². The molecule has 162 valence electrons. The van der Waals surface area contributed by atoms with Crippen LogP contribution in [-0.2, 0) is 23.7 Å². The Labute approximate surface area is 174 Å². The van der Waals surface area contributed by atoms with Crippen molar-refractivity contribution in [3.8, 4) is 0 Å². The van der Waals surface area contributed by atoms with Crippen LogP contribution in [0, 0.1) is 40.4 Å². The van der Waals surface area contributed by atoms with Crippen molar-refractivity contribution in [2.45, 2.75) is 76.8 Å². The van der Waals surface area contributed by atoms with Crippen molar-refractivity contribution < 1.29 is 23.7 Å². The van der Waals surface area contributed by atoms with E-state index >= 15 is 0 Å². The van der Waals surface area contributed by atoms with Crippen LogP contribution in [0.25, 0.3) is 0 Å². The van der Waals surface area contributed by atoms with Crippen molar-refractivity contribution in [3.63, 3.8) is 0 Å². The van der Waals surface area contributed by atoms with E-state index in [9.17, 15) is 4.79 Å². The number of fused-ring (bicyclic) bond motifs is 6. The van der Waals surface area contributed by atoms with Crippen molar-refractivity contribution in [1.82, 2.24) is 0 Å². The molecule has 2 aliphatic heterocycles. The van der Waals surface area contributed by atoms with E-state index in [1.807, 2.05) is 0 Å². The Morgan fingerprint density at radius 1 is 0.828 bits per heavy atom. The Morgan fingerprint density at radius 3 is 2.24 bits per heavy atom. The van der Waals surface area contributed by atoms with Gasteiger partial charge in [0.05, 0.1) is 26.4 Å². The highest BCUT2D eigenvalue weighted by Gasteiger charge is 2.69. The van der Waals surface area contributed by atoms with Gasteiger partial charge in [-0.3, -0.25) is 0 Å². The molecule has 29 heavy (non-hydrogen) atoms. The van der Waals surface area contributed by atoms with Crippen LogP contribution in [0.15, 0.2) is 0 Å². The molecule has 6 rings (SSSR count). The maximum Gasteiger partial charge on any atom is 0.174 e. The molecule has 5 heteroatoms. The fourth-order valence-corrected chi connectivity index (χ4v) is 9.05. The van der Waals surface area contributed by atoms with E-state index in [0.29, 0.717) is 29.1 Å². The lowest BCUT2D eigenvalue weighted by Gasteiger charge is -2.63. The molecule has 0 amide bonds. The summed E-state index contributed by atoms with van der Waals surface area (Å²) in [6.45, 7) is 7.79. The molecule has 0 aromatic rings. The summed E-state index contributed by atoms with van der Waals surface area (Å²) in [5, 5.41) is 0. The molecule has 0 bridgehead atoms. The molecule has 2 saturated heterocycles. The van der Waals surface area contributed by atoms with Crippen molar-refractivity contribution in [3.05, 3.63) is 0 Å². The third-order valence-electron chi connectivity index (χ3n) is 10.6. The Hall–Kier alpha value is -0.490. The topological polar surface area (TPSA) is 54.0 Å². The van der Waals surface area contributed by atoms with Gasteiger partial charge in [0.25, 0.3) is 0 Å². The van der Waals surface area contributed by atoms with Gasteiger partial charge in [-0.25, -0.2) is 0 Å².